The number of nitrogens with two attached hydrogens (primary N) is 1. The summed E-state index contributed by atoms with van der Waals surface area (Å²) in [4.78, 5) is 10.6. The van der Waals surface area contributed by atoms with Crippen molar-refractivity contribution in [2.24, 2.45) is 0 Å². The number of anilines is 1. The van der Waals surface area contributed by atoms with Crippen LogP contribution in [0.4, 0.5) is 5.69 Å². The molecule has 0 aromatic heterocycles. The maximum absolute atomic E-state index is 10.6. The monoisotopic (exact) mass is 299 g/mol. The molecule has 2 aromatic rings. The Hall–Kier alpha value is -2.49. The summed E-state index contributed by atoms with van der Waals surface area (Å²) in [5, 5.41) is 0. The number of hydrogen-bond donors (Lipinski definition) is 1. The normalized spacial score (nSPS) is 10.2. The molecule has 0 aliphatic rings. The second-order valence-corrected chi connectivity index (χ2v) is 5.14. The lowest BCUT2D eigenvalue weighted by molar-refractivity contribution is 0.112. The van der Waals surface area contributed by atoms with Crippen molar-refractivity contribution < 1.29 is 14.3 Å². The Balaban J connectivity index is 1.66. The van der Waals surface area contributed by atoms with Crippen molar-refractivity contribution in [3.8, 4) is 11.5 Å². The van der Waals surface area contributed by atoms with E-state index >= 15 is 0 Å². The zero-order valence-corrected chi connectivity index (χ0v) is 12.7. The molecule has 2 rings (SSSR count). The van der Waals surface area contributed by atoms with Gasteiger partial charge in [-0.1, -0.05) is 12.1 Å². The van der Waals surface area contributed by atoms with Gasteiger partial charge in [-0.3, -0.25) is 4.79 Å². The van der Waals surface area contributed by atoms with E-state index in [2.05, 4.69) is 0 Å². The number of ether oxygens (including phenoxy) is 2. The summed E-state index contributed by atoms with van der Waals surface area (Å²) in [7, 11) is 0. The van der Waals surface area contributed by atoms with Crippen LogP contribution in [0.5, 0.6) is 11.5 Å². The standard InChI is InChI=1S/C18H21NO3/c1-14-5-4-6-16(11-14)21-9-2-3-10-22-18-8-7-15(13-20)12-17(18)19/h4-8,11-13H,2-3,9-10,19H2,1H3. The fraction of sp³-hybridized carbons (Fsp3) is 0.278. The largest absolute Gasteiger partial charge is 0.494 e. The molecule has 116 valence electrons. The molecule has 4 heteroatoms. The fourth-order valence-corrected chi connectivity index (χ4v) is 2.05. The lowest BCUT2D eigenvalue weighted by atomic mass is 10.2. The van der Waals surface area contributed by atoms with E-state index in [1.807, 2.05) is 31.2 Å². The Morgan fingerprint density at radius 2 is 1.82 bits per heavy atom. The molecule has 2 aromatic carbocycles. The predicted molar refractivity (Wildman–Crippen MR) is 87.6 cm³/mol. The summed E-state index contributed by atoms with van der Waals surface area (Å²) in [5.74, 6) is 1.51. The minimum Gasteiger partial charge on any atom is -0.494 e. The first-order valence-electron chi connectivity index (χ1n) is 7.36. The van der Waals surface area contributed by atoms with E-state index in [0.717, 1.165) is 24.9 Å². The summed E-state index contributed by atoms with van der Waals surface area (Å²) in [6.45, 7) is 3.27. The summed E-state index contributed by atoms with van der Waals surface area (Å²) >= 11 is 0. The van der Waals surface area contributed by atoms with Crippen molar-refractivity contribution in [3.05, 3.63) is 53.6 Å². The van der Waals surface area contributed by atoms with Crippen molar-refractivity contribution in [2.75, 3.05) is 18.9 Å². The van der Waals surface area contributed by atoms with Gasteiger partial charge in [-0.15, -0.1) is 0 Å². The van der Waals surface area contributed by atoms with Gasteiger partial charge in [-0.05, 0) is 55.7 Å². The summed E-state index contributed by atoms with van der Waals surface area (Å²) in [6, 6.07) is 13.0. The zero-order valence-electron chi connectivity index (χ0n) is 12.7. The SMILES string of the molecule is Cc1cccc(OCCCCOc2ccc(C=O)cc2N)c1. The predicted octanol–water partition coefficient (Wildman–Crippen LogP) is 3.63. The third-order valence-electron chi connectivity index (χ3n) is 3.22. The van der Waals surface area contributed by atoms with E-state index in [4.69, 9.17) is 15.2 Å². The van der Waals surface area contributed by atoms with Gasteiger partial charge in [-0.2, -0.15) is 0 Å². The van der Waals surface area contributed by atoms with Crippen LogP contribution >= 0.6 is 0 Å². The number of carbonyl (C=O) groups excluding carboxylic acids is 1. The first-order valence-corrected chi connectivity index (χ1v) is 7.36. The molecule has 0 radical (unpaired) electrons. The number of aldehydes is 1. The van der Waals surface area contributed by atoms with Crippen LogP contribution in [-0.2, 0) is 0 Å². The van der Waals surface area contributed by atoms with Crippen molar-refractivity contribution in [3.63, 3.8) is 0 Å². The highest BCUT2D eigenvalue weighted by molar-refractivity contribution is 5.78. The highest BCUT2D eigenvalue weighted by atomic mass is 16.5. The molecule has 0 saturated heterocycles. The van der Waals surface area contributed by atoms with Crippen LogP contribution in [0.15, 0.2) is 42.5 Å². The van der Waals surface area contributed by atoms with Gasteiger partial charge in [0.2, 0.25) is 0 Å². The van der Waals surface area contributed by atoms with Gasteiger partial charge < -0.3 is 15.2 Å². The van der Waals surface area contributed by atoms with Gasteiger partial charge in [0, 0.05) is 5.56 Å². The maximum atomic E-state index is 10.6. The average molecular weight is 299 g/mol. The minimum atomic E-state index is 0.487. The molecule has 0 unspecified atom stereocenters. The van der Waals surface area contributed by atoms with Gasteiger partial charge in [0.1, 0.15) is 17.8 Å². The van der Waals surface area contributed by atoms with Crippen LogP contribution in [0, 0.1) is 6.92 Å². The topological polar surface area (TPSA) is 61.5 Å². The highest BCUT2D eigenvalue weighted by Crippen LogP contribution is 2.22. The van der Waals surface area contributed by atoms with Gasteiger partial charge in [0.25, 0.3) is 0 Å². The van der Waals surface area contributed by atoms with E-state index in [9.17, 15) is 4.79 Å². The number of rotatable bonds is 8. The number of hydrogen-bond acceptors (Lipinski definition) is 4. The second-order valence-electron chi connectivity index (χ2n) is 5.14. The van der Waals surface area contributed by atoms with Gasteiger partial charge in [0.05, 0.1) is 18.9 Å². The number of aryl methyl sites for hydroxylation is 1. The Morgan fingerprint density at radius 1 is 1.05 bits per heavy atom. The molecular formula is C18H21NO3. The quantitative estimate of drug-likeness (QED) is 0.459. The number of nitrogen functional groups attached to an aromatic ring is 1. The number of carbonyl (C=O) groups is 1. The number of unbranched alkanes of at least 4 members (excludes halogenated alkanes) is 1. The molecule has 0 aliphatic carbocycles. The van der Waals surface area contributed by atoms with Crippen LogP contribution in [-0.4, -0.2) is 19.5 Å². The number of benzene rings is 2. The van der Waals surface area contributed by atoms with Crippen LogP contribution in [0.1, 0.15) is 28.8 Å². The molecule has 0 amide bonds. The zero-order chi connectivity index (χ0) is 15.8. The molecule has 0 spiro atoms. The molecule has 22 heavy (non-hydrogen) atoms. The smallest absolute Gasteiger partial charge is 0.150 e. The fourth-order valence-electron chi connectivity index (χ4n) is 2.05. The van der Waals surface area contributed by atoms with Crippen LogP contribution < -0.4 is 15.2 Å². The average Bonchev–Trinajstić information content (AvgIpc) is 2.52. The van der Waals surface area contributed by atoms with E-state index in [0.29, 0.717) is 30.2 Å². The molecule has 4 nitrogen and oxygen atoms in total. The summed E-state index contributed by atoms with van der Waals surface area (Å²) in [5.41, 5.74) is 8.05. The third-order valence-corrected chi connectivity index (χ3v) is 3.22. The first-order chi connectivity index (χ1) is 10.7. The minimum absolute atomic E-state index is 0.487. The van der Waals surface area contributed by atoms with E-state index in [1.165, 1.54) is 5.56 Å². The van der Waals surface area contributed by atoms with Crippen molar-refractivity contribution in [1.29, 1.82) is 0 Å². The van der Waals surface area contributed by atoms with Crippen LogP contribution in [0.2, 0.25) is 0 Å². The van der Waals surface area contributed by atoms with Crippen LogP contribution in [0.3, 0.4) is 0 Å². The molecule has 0 saturated carbocycles. The van der Waals surface area contributed by atoms with E-state index in [-0.39, 0.29) is 0 Å². The van der Waals surface area contributed by atoms with E-state index < -0.39 is 0 Å². The molecule has 0 fully saturated rings. The van der Waals surface area contributed by atoms with Crippen molar-refractivity contribution in [1.82, 2.24) is 0 Å². The lowest BCUT2D eigenvalue weighted by Crippen LogP contribution is -2.04. The van der Waals surface area contributed by atoms with Crippen LogP contribution in [0.25, 0.3) is 0 Å². The van der Waals surface area contributed by atoms with Crippen molar-refractivity contribution >= 4 is 12.0 Å². The van der Waals surface area contributed by atoms with Gasteiger partial charge in [-0.25, -0.2) is 0 Å². The lowest BCUT2D eigenvalue weighted by Gasteiger charge is -2.10. The second kappa shape index (κ2) is 8.08. The molecular weight excluding hydrogens is 278 g/mol. The molecule has 0 bridgehead atoms. The van der Waals surface area contributed by atoms with Gasteiger partial charge in [0.15, 0.2) is 0 Å². The Labute approximate surface area is 130 Å². The maximum Gasteiger partial charge on any atom is 0.150 e. The Morgan fingerprint density at radius 3 is 2.50 bits per heavy atom. The Bertz CT molecular complexity index is 625. The molecule has 0 atom stereocenters. The Kier molecular flexibility index (Phi) is 5.83. The van der Waals surface area contributed by atoms with Gasteiger partial charge >= 0.3 is 0 Å². The molecule has 0 heterocycles. The third kappa shape index (κ3) is 4.81. The molecule has 0 aliphatic heterocycles. The van der Waals surface area contributed by atoms with Crippen molar-refractivity contribution in [2.45, 2.75) is 19.8 Å². The van der Waals surface area contributed by atoms with E-state index in [1.54, 1.807) is 18.2 Å². The first kappa shape index (κ1) is 15.9. The summed E-state index contributed by atoms with van der Waals surface area (Å²) in [6.07, 6.45) is 2.55. The molecule has 2 N–H and O–H groups in total. The summed E-state index contributed by atoms with van der Waals surface area (Å²) < 4.78 is 11.3. The highest BCUT2D eigenvalue weighted by Gasteiger charge is 2.01.